The molecule has 0 radical (unpaired) electrons. The molecule has 0 spiro atoms. The summed E-state index contributed by atoms with van der Waals surface area (Å²) < 4.78 is 1.28. The molecule has 0 saturated heterocycles. The van der Waals surface area contributed by atoms with Crippen molar-refractivity contribution in [1.29, 1.82) is 0 Å². The second-order valence-corrected chi connectivity index (χ2v) is 4.32. The van der Waals surface area contributed by atoms with Gasteiger partial charge in [-0.15, -0.1) is 0 Å². The Kier molecular flexibility index (Phi) is 3.57. The summed E-state index contributed by atoms with van der Waals surface area (Å²) in [6, 6.07) is 4.05. The second kappa shape index (κ2) is 5.17. The van der Waals surface area contributed by atoms with E-state index in [4.69, 9.17) is 16.7 Å². The number of aromatic nitrogens is 2. The zero-order valence-corrected chi connectivity index (χ0v) is 11.0. The molecule has 0 amide bonds. The van der Waals surface area contributed by atoms with Crippen molar-refractivity contribution < 1.29 is 14.8 Å². The number of benzene rings is 1. The molecule has 0 atom stereocenters. The maximum atomic E-state index is 11.0. The van der Waals surface area contributed by atoms with Crippen molar-refractivity contribution in [1.82, 2.24) is 9.78 Å². The van der Waals surface area contributed by atoms with E-state index in [1.165, 1.54) is 29.9 Å². The normalized spacial score (nSPS) is 10.3. The highest BCUT2D eigenvalue weighted by molar-refractivity contribution is 6.30. The number of carboxylic acids is 1. The number of aryl methyl sites for hydroxylation is 1. The lowest BCUT2D eigenvalue weighted by atomic mass is 10.2. The van der Waals surface area contributed by atoms with E-state index in [2.05, 4.69) is 10.4 Å². The summed E-state index contributed by atoms with van der Waals surface area (Å²) in [5.41, 5.74) is -0.211. The molecule has 1 aromatic heterocycles. The van der Waals surface area contributed by atoms with Gasteiger partial charge in [-0.25, -0.2) is 4.79 Å². The average molecular weight is 297 g/mol. The second-order valence-electron chi connectivity index (χ2n) is 3.88. The molecule has 0 aliphatic rings. The first kappa shape index (κ1) is 13.8. The Hall–Kier alpha value is -2.61. The van der Waals surface area contributed by atoms with Crippen LogP contribution < -0.4 is 5.32 Å². The van der Waals surface area contributed by atoms with Crippen LogP contribution in [0.3, 0.4) is 0 Å². The Bertz CT molecular complexity index is 698. The van der Waals surface area contributed by atoms with E-state index >= 15 is 0 Å². The van der Waals surface area contributed by atoms with Crippen molar-refractivity contribution in [3.05, 3.63) is 45.1 Å². The number of nitro benzene ring substituents is 1. The summed E-state index contributed by atoms with van der Waals surface area (Å²) in [6.07, 6.45) is 1.16. The minimum atomic E-state index is -1.18. The van der Waals surface area contributed by atoms with Crippen molar-refractivity contribution in [2.75, 3.05) is 5.32 Å². The topological polar surface area (TPSA) is 110 Å². The molecule has 0 aliphatic heterocycles. The third kappa shape index (κ3) is 2.54. The van der Waals surface area contributed by atoms with E-state index < -0.39 is 10.9 Å². The quantitative estimate of drug-likeness (QED) is 0.662. The Labute approximate surface area is 117 Å². The molecular formula is C11H9ClN4O4. The Morgan fingerprint density at radius 1 is 1.55 bits per heavy atom. The van der Waals surface area contributed by atoms with Crippen LogP contribution in [0.15, 0.2) is 24.4 Å². The van der Waals surface area contributed by atoms with Crippen LogP contribution in [-0.4, -0.2) is 25.8 Å². The van der Waals surface area contributed by atoms with E-state index in [0.29, 0.717) is 0 Å². The van der Waals surface area contributed by atoms with Crippen LogP contribution in [0.5, 0.6) is 0 Å². The lowest BCUT2D eigenvalue weighted by Gasteiger charge is -2.08. The number of rotatable bonds is 4. The number of nitrogens with zero attached hydrogens (tertiary/aromatic N) is 3. The molecule has 0 fully saturated rings. The fourth-order valence-electron chi connectivity index (χ4n) is 1.63. The molecule has 20 heavy (non-hydrogen) atoms. The largest absolute Gasteiger partial charge is 0.477 e. The van der Waals surface area contributed by atoms with Crippen molar-refractivity contribution in [2.24, 2.45) is 7.05 Å². The summed E-state index contributed by atoms with van der Waals surface area (Å²) in [5, 5.41) is 26.7. The Morgan fingerprint density at radius 2 is 2.25 bits per heavy atom. The van der Waals surface area contributed by atoms with Gasteiger partial charge in [-0.2, -0.15) is 5.10 Å². The van der Waals surface area contributed by atoms with Gasteiger partial charge >= 0.3 is 5.97 Å². The highest BCUT2D eigenvalue weighted by Gasteiger charge is 2.20. The highest BCUT2D eigenvalue weighted by Crippen LogP contribution is 2.31. The lowest BCUT2D eigenvalue weighted by molar-refractivity contribution is -0.383. The highest BCUT2D eigenvalue weighted by atomic mass is 35.5. The van der Waals surface area contributed by atoms with E-state index in [-0.39, 0.29) is 27.8 Å². The first-order valence-corrected chi connectivity index (χ1v) is 5.74. The van der Waals surface area contributed by atoms with Crippen LogP contribution in [0.25, 0.3) is 0 Å². The van der Waals surface area contributed by atoms with Crippen LogP contribution in [0.2, 0.25) is 5.02 Å². The lowest BCUT2D eigenvalue weighted by Crippen LogP contribution is -2.06. The maximum Gasteiger partial charge on any atom is 0.341 e. The summed E-state index contributed by atoms with van der Waals surface area (Å²) in [6.45, 7) is 0. The smallest absolute Gasteiger partial charge is 0.341 e. The molecule has 1 heterocycles. The standard InChI is InChI=1S/C11H9ClN4O4/c1-15-10(7(5-13-15)11(17)18)14-8-3-2-6(12)4-9(8)16(19)20/h2-5,14H,1H3,(H,17,18). The number of carboxylic acid groups (broad SMARTS) is 1. The number of aromatic carboxylic acids is 1. The third-order valence-corrected chi connectivity index (χ3v) is 2.81. The number of hydrogen-bond acceptors (Lipinski definition) is 5. The first-order valence-electron chi connectivity index (χ1n) is 5.36. The van der Waals surface area contributed by atoms with Gasteiger partial charge in [0.1, 0.15) is 17.1 Å². The van der Waals surface area contributed by atoms with Gasteiger partial charge in [0.25, 0.3) is 5.69 Å². The van der Waals surface area contributed by atoms with Gasteiger partial charge in [0.2, 0.25) is 0 Å². The van der Waals surface area contributed by atoms with Crippen LogP contribution in [0.4, 0.5) is 17.2 Å². The van der Waals surface area contributed by atoms with E-state index in [1.54, 1.807) is 0 Å². The minimum absolute atomic E-state index is 0.0863. The fourth-order valence-corrected chi connectivity index (χ4v) is 1.80. The number of halogens is 1. The molecule has 1 aromatic carbocycles. The summed E-state index contributed by atoms with van der Waals surface area (Å²) in [5.74, 6) is -1.04. The van der Waals surface area contributed by atoms with Gasteiger partial charge in [-0.05, 0) is 12.1 Å². The van der Waals surface area contributed by atoms with Gasteiger partial charge in [0, 0.05) is 18.1 Å². The predicted octanol–water partition coefficient (Wildman–Crippen LogP) is 2.42. The number of carbonyl (C=O) groups is 1. The maximum absolute atomic E-state index is 11.0. The van der Waals surface area contributed by atoms with Gasteiger partial charge in [-0.1, -0.05) is 11.6 Å². The summed E-state index contributed by atoms with van der Waals surface area (Å²) in [4.78, 5) is 21.4. The molecule has 8 nitrogen and oxygen atoms in total. The van der Waals surface area contributed by atoms with Gasteiger partial charge < -0.3 is 10.4 Å². The van der Waals surface area contributed by atoms with Crippen LogP contribution in [0, 0.1) is 10.1 Å². The number of nitrogens with one attached hydrogen (secondary N) is 1. The van der Waals surface area contributed by atoms with Crippen LogP contribution >= 0.6 is 11.6 Å². The first-order chi connectivity index (χ1) is 9.40. The van der Waals surface area contributed by atoms with Crippen molar-refractivity contribution in [3.63, 3.8) is 0 Å². The number of hydrogen-bond donors (Lipinski definition) is 2. The Balaban J connectivity index is 2.48. The van der Waals surface area contributed by atoms with Crippen molar-refractivity contribution in [2.45, 2.75) is 0 Å². The van der Waals surface area contributed by atoms with Gasteiger partial charge in [0.15, 0.2) is 0 Å². The van der Waals surface area contributed by atoms with E-state index in [9.17, 15) is 14.9 Å². The van der Waals surface area contributed by atoms with Crippen LogP contribution in [-0.2, 0) is 7.05 Å². The molecule has 0 aliphatic carbocycles. The van der Waals surface area contributed by atoms with E-state index in [1.807, 2.05) is 0 Å². The molecule has 104 valence electrons. The Morgan fingerprint density at radius 3 is 2.85 bits per heavy atom. The molecule has 2 rings (SSSR count). The van der Waals surface area contributed by atoms with Gasteiger partial charge in [-0.3, -0.25) is 14.8 Å². The van der Waals surface area contributed by atoms with Gasteiger partial charge in [0.05, 0.1) is 11.1 Å². The summed E-state index contributed by atoms with van der Waals surface area (Å²) >= 11 is 5.71. The molecular weight excluding hydrogens is 288 g/mol. The third-order valence-electron chi connectivity index (χ3n) is 2.58. The molecule has 0 saturated carbocycles. The molecule has 2 aromatic rings. The SMILES string of the molecule is Cn1ncc(C(=O)O)c1Nc1ccc(Cl)cc1[N+](=O)[O-]. The average Bonchev–Trinajstić information content (AvgIpc) is 2.73. The molecule has 0 bridgehead atoms. The summed E-state index contributed by atoms with van der Waals surface area (Å²) in [7, 11) is 1.52. The monoisotopic (exact) mass is 296 g/mol. The predicted molar refractivity (Wildman–Crippen MR) is 71.6 cm³/mol. The zero-order valence-electron chi connectivity index (χ0n) is 10.2. The minimum Gasteiger partial charge on any atom is -0.477 e. The molecule has 2 N–H and O–H groups in total. The van der Waals surface area contributed by atoms with Crippen molar-refractivity contribution >= 4 is 34.8 Å². The number of nitro groups is 1. The van der Waals surface area contributed by atoms with Crippen LogP contribution in [0.1, 0.15) is 10.4 Å². The molecule has 9 heteroatoms. The molecule has 0 unspecified atom stereocenters. The zero-order chi connectivity index (χ0) is 14.9. The van der Waals surface area contributed by atoms with Crippen molar-refractivity contribution in [3.8, 4) is 0 Å². The number of anilines is 2. The van der Waals surface area contributed by atoms with E-state index in [0.717, 1.165) is 6.20 Å². The fraction of sp³-hybridized carbons (Fsp3) is 0.0909.